The highest BCUT2D eigenvalue weighted by molar-refractivity contribution is 7.30. The minimum absolute atomic E-state index is 0. The lowest BCUT2D eigenvalue weighted by Gasteiger charge is -2.36. The van der Waals surface area contributed by atoms with Gasteiger partial charge >= 0.3 is 14.2 Å². The molecule has 0 bridgehead atoms. The second kappa shape index (κ2) is 26.1. The molecule has 2 unspecified atom stereocenters. The average Bonchev–Trinajstić information content (AvgIpc) is 3.87. The Hall–Kier alpha value is -3.04. The molecule has 57 heavy (non-hydrogen) atoms. The number of nitrogens with zero attached hydrogens (tertiary/aromatic N) is 1. The molecule has 1 aliphatic heterocycles. The van der Waals surface area contributed by atoms with Crippen LogP contribution in [0.4, 0.5) is 0 Å². The van der Waals surface area contributed by atoms with E-state index in [1.54, 1.807) is 26.8 Å². The first-order valence-electron chi connectivity index (χ1n) is 20.4. The summed E-state index contributed by atoms with van der Waals surface area (Å²) < 4.78 is 28.9. The zero-order chi connectivity index (χ0) is 43.6. The van der Waals surface area contributed by atoms with Gasteiger partial charge in [-0.2, -0.15) is 0 Å². The van der Waals surface area contributed by atoms with Crippen molar-refractivity contribution < 1.29 is 54.2 Å². The van der Waals surface area contributed by atoms with E-state index in [0.29, 0.717) is 42.5 Å². The fraction of sp³-hybridized carbons (Fsp3) is 0.756. The van der Waals surface area contributed by atoms with E-state index in [9.17, 15) is 19.2 Å². The predicted molar refractivity (Wildman–Crippen MR) is 220 cm³/mol. The third-order valence-electron chi connectivity index (χ3n) is 10.5. The number of nitrogens with one attached hydrogen (secondary N) is 2. The molecule has 1 fully saturated rings. The van der Waals surface area contributed by atoms with Crippen molar-refractivity contribution >= 4 is 31.9 Å². The number of carbonyl (C=O) groups is 4. The normalized spacial score (nSPS) is 27.6. The van der Waals surface area contributed by atoms with Crippen molar-refractivity contribution in [1.82, 2.24) is 15.5 Å². The van der Waals surface area contributed by atoms with Crippen molar-refractivity contribution in [3.8, 4) is 0 Å². The summed E-state index contributed by atoms with van der Waals surface area (Å²) in [5.74, 6) is 0.812. The van der Waals surface area contributed by atoms with Crippen LogP contribution in [0.15, 0.2) is 34.9 Å². The molecule has 0 aromatic carbocycles. The zero-order valence-electron chi connectivity index (χ0n) is 36.2. The molecular formula is C41H73N4O11P. The number of fused-ring (bicyclic) bond motifs is 1. The van der Waals surface area contributed by atoms with Crippen molar-refractivity contribution in [2.45, 2.75) is 183 Å². The van der Waals surface area contributed by atoms with Crippen molar-refractivity contribution in [2.75, 3.05) is 6.61 Å². The summed E-state index contributed by atoms with van der Waals surface area (Å²) in [5, 5.41) is 12.9. The van der Waals surface area contributed by atoms with Crippen molar-refractivity contribution in [2.24, 2.45) is 17.6 Å². The predicted octanol–water partition coefficient (Wildman–Crippen LogP) is 5.65. The molecule has 0 aromatic rings. The molecule has 10 atom stereocenters. The van der Waals surface area contributed by atoms with Gasteiger partial charge in [0.2, 0.25) is 17.7 Å². The molecule has 0 radical (unpaired) electrons. The molecule has 4 aliphatic rings. The second-order valence-electron chi connectivity index (χ2n) is 15.4. The van der Waals surface area contributed by atoms with E-state index < -0.39 is 14.4 Å². The van der Waals surface area contributed by atoms with Gasteiger partial charge in [-0.1, -0.05) is 64.8 Å². The third kappa shape index (κ3) is 17.8. The first-order chi connectivity index (χ1) is 26.8. The van der Waals surface area contributed by atoms with E-state index in [0.717, 1.165) is 38.5 Å². The number of rotatable bonds is 13. The summed E-state index contributed by atoms with van der Waals surface area (Å²) in [6, 6.07) is 0.341. The SMILES string of the molecule is CC(=O)N1C2C=C(C)C[C@@H](C)[C@H]21.CCC(CC)O[C@@H]1C=C(C)C[C@@H](C)[C@H]1NC(C)=O.CCOC(=O)C1=C[C@@H](OC(CC)CC)[C@H](NC(C)=O)[C@@H](N)C1.O=[P+]([O-])OO.[HH]. The standard InChI is InChI=1S/C16H28N2O4.C15H27NO2.C10H15NO.HO4P.H2/c1-5-12(6-2)22-14-9-11(16(20)21-7-3)8-13(17)15(14)18-10(4)19;1-6-13(7-2)18-14-9-10(3)8-11(4)15(14)16-12(5)17;1-6-4-7(2)10-9(5-6)11(10)8(3)12;1-4-5(2)3;/h9,12-15H,5-8,17H2,1-4H3,(H,18,19);9,11,13-15H,6-8H2,1-5H3,(H,16,17);5,7,9-10H,4H2,1-3H3;1H;1H/t13-,14+,15+;11-,14-,15-;7-,9?,10-,11?;;/m011../s1. The summed E-state index contributed by atoms with van der Waals surface area (Å²) in [6.45, 7) is 23.9. The molecule has 0 aromatic heterocycles. The minimum Gasteiger partial charge on any atom is -0.565 e. The highest BCUT2D eigenvalue weighted by Gasteiger charge is 2.52. The molecular weight excluding hydrogens is 755 g/mol. The summed E-state index contributed by atoms with van der Waals surface area (Å²) in [4.78, 5) is 56.7. The molecule has 328 valence electrons. The number of hydrogen-bond donors (Lipinski definition) is 4. The molecule has 3 amide bonds. The second-order valence-corrected chi connectivity index (χ2v) is 16.0. The van der Waals surface area contributed by atoms with Crippen LogP contribution in [0, 0.1) is 11.8 Å². The maximum Gasteiger partial charge on any atom is 0.521 e. The van der Waals surface area contributed by atoms with Crippen LogP contribution >= 0.6 is 8.25 Å². The van der Waals surface area contributed by atoms with E-state index >= 15 is 0 Å². The Kier molecular flexibility index (Phi) is 23.8. The first-order valence-corrected chi connectivity index (χ1v) is 21.5. The van der Waals surface area contributed by atoms with Crippen LogP contribution in [0.2, 0.25) is 0 Å². The van der Waals surface area contributed by atoms with Crippen LogP contribution in [-0.4, -0.2) is 95.1 Å². The average molecular weight is 829 g/mol. The van der Waals surface area contributed by atoms with Gasteiger partial charge in [0.15, 0.2) is 0 Å². The van der Waals surface area contributed by atoms with Crippen molar-refractivity contribution in [3.05, 3.63) is 34.9 Å². The monoisotopic (exact) mass is 829 g/mol. The highest BCUT2D eigenvalue weighted by atomic mass is 31.1. The molecule has 5 N–H and O–H groups in total. The molecule has 15 nitrogen and oxygen atoms in total. The largest absolute Gasteiger partial charge is 0.565 e. The lowest BCUT2D eigenvalue weighted by atomic mass is 9.84. The lowest BCUT2D eigenvalue weighted by molar-refractivity contribution is -0.244. The fourth-order valence-corrected chi connectivity index (χ4v) is 7.78. The van der Waals surface area contributed by atoms with Gasteiger partial charge in [-0.15, -0.1) is 0 Å². The number of esters is 1. The van der Waals surface area contributed by atoms with Gasteiger partial charge in [-0.05, 0) is 88.2 Å². The molecule has 1 saturated heterocycles. The maximum atomic E-state index is 12.0. The van der Waals surface area contributed by atoms with Crippen LogP contribution < -0.4 is 21.3 Å². The first kappa shape index (κ1) is 52.0. The molecule has 4 rings (SSSR count). The van der Waals surface area contributed by atoms with E-state index in [1.807, 2.05) is 18.7 Å². The van der Waals surface area contributed by atoms with Gasteiger partial charge in [0, 0.05) is 38.5 Å². The van der Waals surface area contributed by atoms with Gasteiger partial charge < -0.3 is 40.4 Å². The number of amides is 3. The lowest BCUT2D eigenvalue weighted by Crippen LogP contribution is -2.57. The number of nitrogens with two attached hydrogens (primary N) is 1. The Morgan fingerprint density at radius 2 is 1.30 bits per heavy atom. The summed E-state index contributed by atoms with van der Waals surface area (Å²) in [7, 11) is -3.04. The van der Waals surface area contributed by atoms with Crippen LogP contribution in [0.1, 0.15) is 129 Å². The van der Waals surface area contributed by atoms with Crippen molar-refractivity contribution in [1.29, 1.82) is 0 Å². The number of hydrogen-bond acceptors (Lipinski definition) is 12. The van der Waals surface area contributed by atoms with Crippen LogP contribution in [0.5, 0.6) is 0 Å². The van der Waals surface area contributed by atoms with E-state index in [-0.39, 0.29) is 61.6 Å². The smallest absolute Gasteiger partial charge is 0.521 e. The summed E-state index contributed by atoms with van der Waals surface area (Å²) in [5.41, 5.74) is 9.48. The molecule has 1 heterocycles. The molecule has 0 saturated carbocycles. The summed E-state index contributed by atoms with van der Waals surface area (Å²) >= 11 is 0. The van der Waals surface area contributed by atoms with Gasteiger partial charge in [-0.25, -0.2) is 10.1 Å². The van der Waals surface area contributed by atoms with E-state index in [1.165, 1.54) is 18.1 Å². The Balaban J connectivity index is 0.000000809. The Morgan fingerprint density at radius 3 is 1.74 bits per heavy atom. The van der Waals surface area contributed by atoms with Gasteiger partial charge in [-0.3, -0.25) is 14.4 Å². The Labute approximate surface area is 342 Å². The molecule has 16 heteroatoms. The van der Waals surface area contributed by atoms with Crippen LogP contribution in [0.3, 0.4) is 0 Å². The third-order valence-corrected chi connectivity index (χ3v) is 10.6. The summed E-state index contributed by atoms with van der Waals surface area (Å²) in [6.07, 6.45) is 12.4. The maximum absolute atomic E-state index is 12.0. The number of ether oxygens (including phenoxy) is 3. The van der Waals surface area contributed by atoms with E-state index in [4.69, 9.17) is 34.7 Å². The zero-order valence-corrected chi connectivity index (χ0v) is 37.1. The fourth-order valence-electron chi connectivity index (χ4n) is 7.78. The van der Waals surface area contributed by atoms with Crippen LogP contribution in [0.25, 0.3) is 0 Å². The van der Waals surface area contributed by atoms with Crippen LogP contribution in [-0.2, 0) is 42.6 Å². The molecule has 3 aliphatic carbocycles. The van der Waals surface area contributed by atoms with Gasteiger partial charge in [0.05, 0.1) is 55.2 Å². The quantitative estimate of drug-likeness (QED) is 0.0442. The topological polar surface area (TPSA) is 219 Å². The van der Waals surface area contributed by atoms with Gasteiger partial charge in [0.25, 0.3) is 0 Å². The van der Waals surface area contributed by atoms with Gasteiger partial charge in [0.1, 0.15) is 0 Å². The Bertz CT molecular complexity index is 1420. The number of allylic oxidation sites excluding steroid dienone is 2. The van der Waals surface area contributed by atoms with E-state index in [2.05, 4.69) is 69.0 Å². The highest BCUT2D eigenvalue weighted by Crippen LogP contribution is 2.42. The minimum atomic E-state index is -3.04. The molecule has 0 spiro atoms. The Morgan fingerprint density at radius 1 is 0.842 bits per heavy atom. The number of carbonyl (C=O) groups excluding carboxylic acids is 4. The van der Waals surface area contributed by atoms with Crippen molar-refractivity contribution in [3.63, 3.8) is 0 Å².